The Hall–Kier alpha value is -3.08. The molecule has 2 aliphatic heterocycles. The summed E-state index contributed by atoms with van der Waals surface area (Å²) in [4.78, 5) is 26.2. The van der Waals surface area contributed by atoms with Crippen LogP contribution in [0.2, 0.25) is 0 Å². The number of aliphatic carboxylic acids is 1. The first kappa shape index (κ1) is 24.6. The fourth-order valence-electron chi connectivity index (χ4n) is 4.23. The maximum absolute atomic E-state index is 12.2. The molecule has 3 N–H and O–H groups in total. The fourth-order valence-corrected chi connectivity index (χ4v) is 4.23. The molecule has 3 heterocycles. The molecule has 33 heavy (non-hydrogen) atoms. The molecule has 2 atom stereocenters. The summed E-state index contributed by atoms with van der Waals surface area (Å²) in [5.74, 6) is -2.95. The molecule has 1 amide bonds. The lowest BCUT2D eigenvalue weighted by molar-refractivity contribution is -0.192. The molecule has 2 aliphatic rings. The van der Waals surface area contributed by atoms with E-state index in [9.17, 15) is 18.0 Å². The number of likely N-dealkylation sites (tertiary alicyclic amines) is 1. The minimum atomic E-state index is -5.08. The van der Waals surface area contributed by atoms with E-state index in [1.807, 2.05) is 19.1 Å². The highest BCUT2D eigenvalue weighted by atomic mass is 19.4. The SMILES string of the molecule is Cc1cc(C(=O)Nc2ccc(N3CCC(N4CCCC4C)C3)cc2)n[nH]1.O=C(O)C(F)(F)F. The molecule has 0 spiro atoms. The molecule has 0 saturated carbocycles. The molecule has 1 aromatic heterocycles. The first-order valence-electron chi connectivity index (χ1n) is 10.8. The van der Waals surface area contributed by atoms with E-state index in [1.54, 1.807) is 6.07 Å². The van der Waals surface area contributed by atoms with Gasteiger partial charge in [-0.05, 0) is 70.0 Å². The second kappa shape index (κ2) is 10.2. The van der Waals surface area contributed by atoms with Gasteiger partial charge in [-0.25, -0.2) is 4.79 Å². The summed E-state index contributed by atoms with van der Waals surface area (Å²) in [5, 5.41) is 16.8. The summed E-state index contributed by atoms with van der Waals surface area (Å²) in [6.45, 7) is 7.69. The number of rotatable bonds is 4. The van der Waals surface area contributed by atoms with Crippen molar-refractivity contribution in [2.45, 2.75) is 51.4 Å². The Kier molecular flexibility index (Phi) is 7.62. The highest BCUT2D eigenvalue weighted by Crippen LogP contribution is 2.28. The summed E-state index contributed by atoms with van der Waals surface area (Å²) in [6, 6.07) is 11.3. The molecule has 0 aliphatic carbocycles. The monoisotopic (exact) mass is 467 g/mol. The zero-order valence-electron chi connectivity index (χ0n) is 18.5. The maximum atomic E-state index is 12.2. The normalized spacial score (nSPS) is 20.9. The zero-order valence-corrected chi connectivity index (χ0v) is 18.5. The second-order valence-electron chi connectivity index (χ2n) is 8.36. The van der Waals surface area contributed by atoms with E-state index < -0.39 is 12.1 Å². The second-order valence-corrected chi connectivity index (χ2v) is 8.36. The number of H-pyrrole nitrogens is 1. The average Bonchev–Trinajstić information content (AvgIpc) is 3.49. The number of hydrogen-bond donors (Lipinski definition) is 3. The Morgan fingerprint density at radius 2 is 1.85 bits per heavy atom. The van der Waals surface area contributed by atoms with Crippen molar-refractivity contribution in [2.75, 3.05) is 29.9 Å². The molecule has 0 bridgehead atoms. The van der Waals surface area contributed by atoms with Crippen molar-refractivity contribution in [1.82, 2.24) is 15.1 Å². The van der Waals surface area contributed by atoms with Crippen LogP contribution in [-0.2, 0) is 4.79 Å². The van der Waals surface area contributed by atoms with Gasteiger partial charge in [0, 0.05) is 42.2 Å². The first-order valence-corrected chi connectivity index (χ1v) is 10.8. The van der Waals surface area contributed by atoms with Gasteiger partial charge in [0.2, 0.25) is 0 Å². The first-order chi connectivity index (χ1) is 15.5. The number of aromatic nitrogens is 2. The summed E-state index contributed by atoms with van der Waals surface area (Å²) in [6.07, 6.45) is -1.18. The topological polar surface area (TPSA) is 102 Å². The van der Waals surface area contributed by atoms with Crippen LogP contribution in [0, 0.1) is 6.92 Å². The van der Waals surface area contributed by atoms with E-state index in [2.05, 4.69) is 44.4 Å². The van der Waals surface area contributed by atoms with Crippen molar-refractivity contribution in [2.24, 2.45) is 0 Å². The minimum absolute atomic E-state index is 0.189. The summed E-state index contributed by atoms with van der Waals surface area (Å²) < 4.78 is 31.7. The number of alkyl halides is 3. The number of anilines is 2. The quantitative estimate of drug-likeness (QED) is 0.634. The minimum Gasteiger partial charge on any atom is -0.475 e. The third-order valence-electron chi connectivity index (χ3n) is 5.91. The third kappa shape index (κ3) is 6.47. The van der Waals surface area contributed by atoms with Crippen LogP contribution in [0.3, 0.4) is 0 Å². The van der Waals surface area contributed by atoms with Crippen molar-refractivity contribution in [3.8, 4) is 0 Å². The number of aryl methyl sites for hydroxylation is 1. The lowest BCUT2D eigenvalue weighted by atomic mass is 10.2. The van der Waals surface area contributed by atoms with Crippen molar-refractivity contribution < 1.29 is 27.9 Å². The number of nitrogens with one attached hydrogen (secondary N) is 2. The van der Waals surface area contributed by atoms with Crippen LogP contribution in [0.1, 0.15) is 42.4 Å². The molecule has 8 nitrogen and oxygen atoms in total. The Balaban J connectivity index is 0.000000383. The number of carbonyl (C=O) groups is 2. The molecular weight excluding hydrogens is 439 g/mol. The van der Waals surface area contributed by atoms with E-state index >= 15 is 0 Å². The standard InChI is InChI=1S/C20H27N5O.C2HF3O2/c1-14-12-19(23-22-14)20(26)21-16-5-7-17(8-6-16)24-11-9-18(13-24)25-10-3-4-15(25)2;3-2(4,5)1(6)7/h5-8,12,15,18H,3-4,9-11,13H2,1-2H3,(H,21,26)(H,22,23);(H,6,7). The van der Waals surface area contributed by atoms with Gasteiger partial charge < -0.3 is 15.3 Å². The van der Waals surface area contributed by atoms with E-state index in [1.165, 1.54) is 31.5 Å². The van der Waals surface area contributed by atoms with Crippen LogP contribution < -0.4 is 10.2 Å². The molecule has 180 valence electrons. The molecule has 2 unspecified atom stereocenters. The Morgan fingerprint density at radius 1 is 1.18 bits per heavy atom. The van der Waals surface area contributed by atoms with Crippen LogP contribution >= 0.6 is 0 Å². The molecule has 2 saturated heterocycles. The molecular formula is C22H28F3N5O3. The number of halogens is 3. The molecule has 11 heteroatoms. The molecule has 2 aromatic rings. The molecule has 4 rings (SSSR count). The van der Waals surface area contributed by atoms with Gasteiger partial charge in [-0.3, -0.25) is 14.8 Å². The van der Waals surface area contributed by atoms with Crippen LogP contribution in [0.5, 0.6) is 0 Å². The number of hydrogen-bond acceptors (Lipinski definition) is 5. The van der Waals surface area contributed by atoms with Crippen LogP contribution in [0.25, 0.3) is 0 Å². The van der Waals surface area contributed by atoms with Gasteiger partial charge in [0.1, 0.15) is 0 Å². The maximum Gasteiger partial charge on any atom is 0.490 e. The van der Waals surface area contributed by atoms with E-state index in [0.29, 0.717) is 11.7 Å². The van der Waals surface area contributed by atoms with Gasteiger partial charge in [-0.1, -0.05) is 0 Å². The number of carbonyl (C=O) groups excluding carboxylic acids is 1. The summed E-state index contributed by atoms with van der Waals surface area (Å²) in [5.41, 5.74) is 3.31. The van der Waals surface area contributed by atoms with Gasteiger partial charge in [0.15, 0.2) is 5.69 Å². The average molecular weight is 467 g/mol. The Bertz CT molecular complexity index is 961. The van der Waals surface area contributed by atoms with Gasteiger partial charge in [0.25, 0.3) is 5.91 Å². The largest absolute Gasteiger partial charge is 0.490 e. The summed E-state index contributed by atoms with van der Waals surface area (Å²) >= 11 is 0. The van der Waals surface area contributed by atoms with Gasteiger partial charge >= 0.3 is 12.1 Å². The number of amides is 1. The van der Waals surface area contributed by atoms with Crippen molar-refractivity contribution in [3.63, 3.8) is 0 Å². The number of carboxylic acids is 1. The van der Waals surface area contributed by atoms with Crippen LogP contribution in [0.4, 0.5) is 24.5 Å². The van der Waals surface area contributed by atoms with Crippen molar-refractivity contribution in [3.05, 3.63) is 41.7 Å². The van der Waals surface area contributed by atoms with E-state index in [-0.39, 0.29) is 5.91 Å². The Labute approximate surface area is 189 Å². The zero-order chi connectivity index (χ0) is 24.2. The third-order valence-corrected chi connectivity index (χ3v) is 5.91. The molecule has 0 radical (unpaired) electrons. The number of nitrogens with zero attached hydrogens (tertiary/aromatic N) is 3. The number of aromatic amines is 1. The highest BCUT2D eigenvalue weighted by Gasteiger charge is 2.38. The number of carboxylic acid groups (broad SMARTS) is 1. The smallest absolute Gasteiger partial charge is 0.475 e. The fraction of sp³-hybridized carbons (Fsp3) is 0.500. The lowest BCUT2D eigenvalue weighted by Crippen LogP contribution is -2.39. The van der Waals surface area contributed by atoms with Crippen LogP contribution in [0.15, 0.2) is 30.3 Å². The molecule has 2 fully saturated rings. The van der Waals surface area contributed by atoms with Crippen LogP contribution in [-0.4, -0.2) is 70.0 Å². The van der Waals surface area contributed by atoms with Gasteiger partial charge in [-0.2, -0.15) is 18.3 Å². The Morgan fingerprint density at radius 3 is 2.36 bits per heavy atom. The lowest BCUT2D eigenvalue weighted by Gasteiger charge is -2.28. The highest BCUT2D eigenvalue weighted by molar-refractivity contribution is 6.02. The van der Waals surface area contributed by atoms with Gasteiger partial charge in [0.05, 0.1) is 0 Å². The predicted molar refractivity (Wildman–Crippen MR) is 117 cm³/mol. The van der Waals surface area contributed by atoms with Crippen molar-refractivity contribution in [1.29, 1.82) is 0 Å². The number of benzene rings is 1. The van der Waals surface area contributed by atoms with Gasteiger partial charge in [-0.15, -0.1) is 0 Å². The van der Waals surface area contributed by atoms with E-state index in [4.69, 9.17) is 9.90 Å². The summed E-state index contributed by atoms with van der Waals surface area (Å²) in [7, 11) is 0. The molecule has 1 aromatic carbocycles. The van der Waals surface area contributed by atoms with Crippen molar-refractivity contribution >= 4 is 23.3 Å². The van der Waals surface area contributed by atoms with E-state index in [0.717, 1.165) is 30.5 Å². The predicted octanol–water partition coefficient (Wildman–Crippen LogP) is 3.67.